The fourth-order valence-electron chi connectivity index (χ4n) is 4.77. The first kappa shape index (κ1) is 25.1. The molecule has 0 N–H and O–H groups in total. The van der Waals surface area contributed by atoms with Crippen LogP contribution in [0.5, 0.6) is 17.2 Å². The topological polar surface area (TPSA) is 78.2 Å². The molecular weight excluding hydrogens is 482 g/mol. The van der Waals surface area contributed by atoms with E-state index in [1.807, 2.05) is 39.0 Å². The molecule has 0 bridgehead atoms. The lowest BCUT2D eigenvalue weighted by molar-refractivity contribution is 0.0971. The predicted molar refractivity (Wildman–Crippen MR) is 147 cm³/mol. The van der Waals surface area contributed by atoms with Gasteiger partial charge in [-0.05, 0) is 74.9 Å². The monoisotopic (exact) mass is 511 g/mol. The zero-order chi connectivity index (χ0) is 26.8. The highest BCUT2D eigenvalue weighted by atomic mass is 16.5. The number of ether oxygens (including phenoxy) is 3. The molecule has 194 valence electrons. The third-order valence-electron chi connectivity index (χ3n) is 6.39. The van der Waals surface area contributed by atoms with E-state index in [1.54, 1.807) is 53.4 Å². The van der Waals surface area contributed by atoms with E-state index in [4.69, 9.17) is 18.6 Å². The van der Waals surface area contributed by atoms with Crippen LogP contribution in [-0.4, -0.2) is 25.7 Å². The van der Waals surface area contributed by atoms with Gasteiger partial charge in [0.15, 0.2) is 16.9 Å². The number of anilines is 1. The molecule has 7 nitrogen and oxygen atoms in total. The molecule has 0 spiro atoms. The second kappa shape index (κ2) is 10.5. The lowest BCUT2D eigenvalue weighted by Gasteiger charge is -2.26. The van der Waals surface area contributed by atoms with Crippen LogP contribution in [0.1, 0.15) is 47.1 Å². The molecule has 1 aliphatic heterocycles. The second-order valence-electron chi connectivity index (χ2n) is 8.92. The van der Waals surface area contributed by atoms with Gasteiger partial charge in [0.2, 0.25) is 5.76 Å². The number of carbonyl (C=O) groups is 1. The summed E-state index contributed by atoms with van der Waals surface area (Å²) in [6, 6.07) is 17.3. The van der Waals surface area contributed by atoms with Gasteiger partial charge in [0, 0.05) is 5.69 Å². The molecule has 38 heavy (non-hydrogen) atoms. The van der Waals surface area contributed by atoms with E-state index in [-0.39, 0.29) is 11.2 Å². The molecule has 1 amide bonds. The number of hydrogen-bond donors (Lipinski definition) is 0. The van der Waals surface area contributed by atoms with Crippen molar-refractivity contribution >= 4 is 22.6 Å². The van der Waals surface area contributed by atoms with Gasteiger partial charge in [-0.2, -0.15) is 0 Å². The third-order valence-corrected chi connectivity index (χ3v) is 6.39. The van der Waals surface area contributed by atoms with Gasteiger partial charge in [-0.25, -0.2) is 0 Å². The van der Waals surface area contributed by atoms with E-state index in [2.05, 4.69) is 6.58 Å². The summed E-state index contributed by atoms with van der Waals surface area (Å²) in [4.78, 5) is 29.4. The largest absolute Gasteiger partial charge is 0.494 e. The molecule has 7 heteroatoms. The lowest BCUT2D eigenvalue weighted by Crippen LogP contribution is -2.29. The Hall–Kier alpha value is -4.52. The average Bonchev–Trinajstić information content (AvgIpc) is 3.21. The van der Waals surface area contributed by atoms with E-state index in [9.17, 15) is 9.59 Å². The van der Waals surface area contributed by atoms with Gasteiger partial charge in [0.25, 0.3) is 5.91 Å². The maximum atomic E-state index is 13.9. The smallest absolute Gasteiger partial charge is 0.295 e. The SMILES string of the molecule is C=CCOc1ccc(C2c3c(oc4ccc(C)cc4c3=O)C(=O)N2c2ccc(OCC)cc2)cc1OCC. The van der Waals surface area contributed by atoms with Crippen molar-refractivity contribution in [3.8, 4) is 17.2 Å². The molecule has 0 aliphatic carbocycles. The third kappa shape index (κ3) is 4.41. The van der Waals surface area contributed by atoms with E-state index in [1.165, 1.54) is 0 Å². The van der Waals surface area contributed by atoms with E-state index in [0.29, 0.717) is 64.9 Å². The van der Waals surface area contributed by atoms with Crippen molar-refractivity contribution in [2.75, 3.05) is 24.7 Å². The van der Waals surface area contributed by atoms with Crippen molar-refractivity contribution in [2.45, 2.75) is 26.8 Å². The molecule has 2 heterocycles. The number of aryl methyl sites for hydroxylation is 1. The maximum Gasteiger partial charge on any atom is 0.295 e. The molecule has 1 atom stereocenters. The molecule has 0 radical (unpaired) electrons. The van der Waals surface area contributed by atoms with Crippen LogP contribution in [0.15, 0.2) is 82.5 Å². The van der Waals surface area contributed by atoms with Crippen LogP contribution in [0.25, 0.3) is 11.0 Å². The number of rotatable bonds is 9. The molecule has 1 unspecified atom stereocenters. The Morgan fingerprint density at radius 3 is 2.39 bits per heavy atom. The van der Waals surface area contributed by atoms with Crippen molar-refractivity contribution in [1.29, 1.82) is 0 Å². The fourth-order valence-corrected chi connectivity index (χ4v) is 4.77. The highest BCUT2D eigenvalue weighted by Gasteiger charge is 2.44. The van der Waals surface area contributed by atoms with Gasteiger partial charge >= 0.3 is 0 Å². The van der Waals surface area contributed by atoms with Crippen LogP contribution < -0.4 is 24.5 Å². The Balaban J connectivity index is 1.72. The van der Waals surface area contributed by atoms with E-state index < -0.39 is 11.9 Å². The number of fused-ring (bicyclic) bond motifs is 2. The zero-order valence-electron chi connectivity index (χ0n) is 21.7. The van der Waals surface area contributed by atoms with Crippen LogP contribution in [-0.2, 0) is 0 Å². The maximum absolute atomic E-state index is 13.9. The van der Waals surface area contributed by atoms with E-state index >= 15 is 0 Å². The molecule has 1 aromatic heterocycles. The summed E-state index contributed by atoms with van der Waals surface area (Å²) in [5, 5.41) is 0.436. The first-order valence-electron chi connectivity index (χ1n) is 12.6. The molecular formula is C31H29NO6. The summed E-state index contributed by atoms with van der Waals surface area (Å²) in [6.07, 6.45) is 1.65. The summed E-state index contributed by atoms with van der Waals surface area (Å²) < 4.78 is 23.3. The van der Waals surface area contributed by atoms with Crippen molar-refractivity contribution < 1.29 is 23.4 Å². The van der Waals surface area contributed by atoms with Gasteiger partial charge in [-0.1, -0.05) is 30.4 Å². The highest BCUT2D eigenvalue weighted by Crippen LogP contribution is 2.43. The Morgan fingerprint density at radius 2 is 1.68 bits per heavy atom. The quantitative estimate of drug-likeness (QED) is 0.249. The van der Waals surface area contributed by atoms with Crippen molar-refractivity contribution in [3.63, 3.8) is 0 Å². The molecule has 0 saturated heterocycles. The first-order valence-corrected chi connectivity index (χ1v) is 12.6. The first-order chi connectivity index (χ1) is 18.5. The summed E-state index contributed by atoms with van der Waals surface area (Å²) in [5.74, 6) is 1.40. The van der Waals surface area contributed by atoms with Crippen LogP contribution in [0, 0.1) is 6.92 Å². The van der Waals surface area contributed by atoms with E-state index in [0.717, 1.165) is 5.56 Å². The van der Waals surface area contributed by atoms with Crippen LogP contribution in [0.2, 0.25) is 0 Å². The van der Waals surface area contributed by atoms with Gasteiger partial charge in [0.05, 0.1) is 30.2 Å². The zero-order valence-corrected chi connectivity index (χ0v) is 21.7. The summed E-state index contributed by atoms with van der Waals surface area (Å²) in [5.41, 5.74) is 2.67. The van der Waals surface area contributed by atoms with Gasteiger partial charge in [-0.3, -0.25) is 14.5 Å². The van der Waals surface area contributed by atoms with Crippen molar-refractivity contribution in [2.24, 2.45) is 0 Å². The number of benzene rings is 3. The van der Waals surface area contributed by atoms with Crippen molar-refractivity contribution in [3.05, 3.63) is 106 Å². The Labute approximate surface area is 220 Å². The van der Waals surface area contributed by atoms with Gasteiger partial charge < -0.3 is 18.6 Å². The number of carbonyl (C=O) groups excluding carboxylic acids is 1. The van der Waals surface area contributed by atoms with Gasteiger partial charge in [0.1, 0.15) is 17.9 Å². The molecule has 0 saturated carbocycles. The van der Waals surface area contributed by atoms with Crippen LogP contribution in [0.3, 0.4) is 0 Å². The highest BCUT2D eigenvalue weighted by molar-refractivity contribution is 6.10. The molecule has 5 rings (SSSR count). The number of amides is 1. The van der Waals surface area contributed by atoms with Gasteiger partial charge in [-0.15, -0.1) is 0 Å². The Morgan fingerprint density at radius 1 is 0.921 bits per heavy atom. The summed E-state index contributed by atoms with van der Waals surface area (Å²) >= 11 is 0. The lowest BCUT2D eigenvalue weighted by atomic mass is 9.97. The molecule has 1 aliphatic rings. The predicted octanol–water partition coefficient (Wildman–Crippen LogP) is 6.21. The average molecular weight is 512 g/mol. The van der Waals surface area contributed by atoms with Crippen LogP contribution in [0.4, 0.5) is 5.69 Å². The minimum Gasteiger partial charge on any atom is -0.494 e. The number of nitrogens with zero attached hydrogens (tertiary/aromatic N) is 1. The number of hydrogen-bond acceptors (Lipinski definition) is 6. The molecule has 0 fully saturated rings. The molecule has 4 aromatic rings. The normalized spacial score (nSPS) is 14.4. The van der Waals surface area contributed by atoms with Crippen molar-refractivity contribution in [1.82, 2.24) is 0 Å². The summed E-state index contributed by atoms with van der Waals surface area (Å²) in [6.45, 7) is 10.7. The summed E-state index contributed by atoms with van der Waals surface area (Å²) in [7, 11) is 0. The second-order valence-corrected chi connectivity index (χ2v) is 8.92. The standard InChI is InChI=1S/C31H29NO6/c1-5-16-37-25-15-9-20(18-26(25)36-7-3)28-27-29(33)23-17-19(4)8-14-24(23)38-30(27)31(34)32(28)21-10-12-22(13-11-21)35-6-2/h5,8-15,17-18,28H,1,6-7,16H2,2-4H3. The minimum absolute atomic E-state index is 0.0372. The Kier molecular flexibility index (Phi) is 6.92. The minimum atomic E-state index is -0.732. The van der Waals surface area contributed by atoms with Crippen LogP contribution >= 0.6 is 0 Å². The fraction of sp³-hybridized carbons (Fsp3) is 0.226. The Bertz CT molecular complexity index is 1570. The molecule has 3 aromatic carbocycles.